The van der Waals surface area contributed by atoms with Crippen LogP contribution >= 0.6 is 0 Å². The Bertz CT molecular complexity index is 1400. The van der Waals surface area contributed by atoms with Crippen LogP contribution in [0.5, 0.6) is 5.75 Å². The van der Waals surface area contributed by atoms with Gasteiger partial charge >= 0.3 is 0 Å². The Morgan fingerprint density at radius 3 is 2.49 bits per heavy atom. The van der Waals surface area contributed by atoms with Crippen LogP contribution in [0.4, 0.5) is 0 Å². The number of hydrogen-bond acceptors (Lipinski definition) is 5. The molecule has 1 aliphatic rings. The standard InChI is InChI=1S/C33H36N2O4/c1-23(36)31(35-19-17-28(22-35)32(37)26-9-5-3-6-10-26)21-25-13-15-29(16-14-25)38-20-18-30-24(2)39-33(34-30)27-11-7-4-8-12-27/h4,7-8,11-17,19,22,26,31H,3,5-6,9-10,18,20-21H2,1-2H3/t31-/m0/s1. The fraction of sp³-hybridized carbons (Fsp3) is 0.364. The molecule has 5 rings (SSSR count). The van der Waals surface area contributed by atoms with Gasteiger partial charge in [-0.05, 0) is 62.6 Å². The van der Waals surface area contributed by atoms with Gasteiger partial charge in [-0.1, -0.05) is 49.6 Å². The normalized spacial score (nSPS) is 14.7. The van der Waals surface area contributed by atoms with Crippen molar-refractivity contribution >= 4 is 11.6 Å². The minimum atomic E-state index is -0.348. The van der Waals surface area contributed by atoms with E-state index >= 15 is 0 Å². The Morgan fingerprint density at radius 1 is 1.03 bits per heavy atom. The van der Waals surface area contributed by atoms with Gasteiger partial charge in [-0.25, -0.2) is 4.98 Å². The zero-order valence-corrected chi connectivity index (χ0v) is 22.8. The summed E-state index contributed by atoms with van der Waals surface area (Å²) >= 11 is 0. The van der Waals surface area contributed by atoms with Gasteiger partial charge in [0.2, 0.25) is 5.89 Å². The maximum atomic E-state index is 12.9. The van der Waals surface area contributed by atoms with Crippen molar-refractivity contribution in [2.75, 3.05) is 6.61 Å². The van der Waals surface area contributed by atoms with Crippen molar-refractivity contribution in [2.45, 2.75) is 64.8 Å². The summed E-state index contributed by atoms with van der Waals surface area (Å²) < 4.78 is 13.7. The molecule has 0 bridgehead atoms. The Morgan fingerprint density at radius 2 is 1.77 bits per heavy atom. The van der Waals surface area contributed by atoms with E-state index < -0.39 is 0 Å². The van der Waals surface area contributed by atoms with Crippen molar-refractivity contribution in [3.05, 3.63) is 95.6 Å². The fourth-order valence-electron chi connectivity index (χ4n) is 5.39. The molecule has 0 radical (unpaired) electrons. The number of oxazole rings is 1. The van der Waals surface area contributed by atoms with Gasteiger partial charge in [0, 0.05) is 42.3 Å². The van der Waals surface area contributed by atoms with Crippen LogP contribution in [0, 0.1) is 12.8 Å². The van der Waals surface area contributed by atoms with Crippen LogP contribution in [-0.2, 0) is 17.6 Å². The number of hydrogen-bond donors (Lipinski definition) is 0. The van der Waals surface area contributed by atoms with E-state index in [1.54, 1.807) is 6.92 Å². The van der Waals surface area contributed by atoms with Crippen molar-refractivity contribution < 1.29 is 18.7 Å². The van der Waals surface area contributed by atoms with E-state index in [9.17, 15) is 9.59 Å². The van der Waals surface area contributed by atoms with Crippen LogP contribution in [0.3, 0.4) is 0 Å². The number of aryl methyl sites for hydroxylation is 1. The lowest BCUT2D eigenvalue weighted by Crippen LogP contribution is -2.19. The van der Waals surface area contributed by atoms with Gasteiger partial charge in [-0.2, -0.15) is 0 Å². The van der Waals surface area contributed by atoms with Crippen LogP contribution in [0.25, 0.3) is 11.5 Å². The van der Waals surface area contributed by atoms with Crippen molar-refractivity contribution in [1.82, 2.24) is 9.55 Å². The molecule has 6 nitrogen and oxygen atoms in total. The summed E-state index contributed by atoms with van der Waals surface area (Å²) in [6.45, 7) is 4.02. The molecule has 202 valence electrons. The Labute approximate surface area is 230 Å². The van der Waals surface area contributed by atoms with Gasteiger partial charge in [-0.3, -0.25) is 9.59 Å². The molecule has 6 heteroatoms. The zero-order valence-electron chi connectivity index (χ0n) is 22.8. The molecule has 2 aromatic heterocycles. The van der Waals surface area contributed by atoms with Gasteiger partial charge in [-0.15, -0.1) is 0 Å². The van der Waals surface area contributed by atoms with Gasteiger partial charge < -0.3 is 13.7 Å². The largest absolute Gasteiger partial charge is 0.493 e. The number of ether oxygens (including phenoxy) is 1. The second-order valence-corrected chi connectivity index (χ2v) is 10.5. The summed E-state index contributed by atoms with van der Waals surface area (Å²) in [5, 5.41) is 0. The zero-order chi connectivity index (χ0) is 27.2. The molecule has 1 saturated carbocycles. The number of ketones is 2. The summed E-state index contributed by atoms with van der Waals surface area (Å²) in [5.74, 6) is 2.60. The molecule has 0 unspecified atom stereocenters. The van der Waals surface area contributed by atoms with E-state index in [2.05, 4.69) is 4.98 Å². The number of rotatable bonds is 11. The summed E-state index contributed by atoms with van der Waals surface area (Å²) in [7, 11) is 0. The first-order valence-electron chi connectivity index (χ1n) is 13.9. The van der Waals surface area contributed by atoms with Crippen molar-refractivity contribution in [3.8, 4) is 17.2 Å². The topological polar surface area (TPSA) is 74.3 Å². The third-order valence-electron chi connectivity index (χ3n) is 7.68. The lowest BCUT2D eigenvalue weighted by atomic mass is 9.84. The number of benzene rings is 2. The van der Waals surface area contributed by atoms with E-state index in [0.717, 1.165) is 59.6 Å². The molecule has 0 spiro atoms. The van der Waals surface area contributed by atoms with Gasteiger partial charge in [0.05, 0.1) is 18.3 Å². The molecule has 4 aromatic rings. The SMILES string of the molecule is CC(=O)[C@H](Cc1ccc(OCCc2nc(-c3ccccc3)oc2C)cc1)n1ccc(C(=O)C2CCCCC2)c1. The Hall–Kier alpha value is -3.93. The van der Waals surface area contributed by atoms with E-state index in [0.29, 0.717) is 25.3 Å². The van der Waals surface area contributed by atoms with Crippen LogP contribution in [0.2, 0.25) is 0 Å². The highest BCUT2D eigenvalue weighted by Gasteiger charge is 2.24. The van der Waals surface area contributed by atoms with Crippen LogP contribution in [-0.4, -0.2) is 27.7 Å². The first-order valence-corrected chi connectivity index (χ1v) is 13.9. The van der Waals surface area contributed by atoms with Crippen LogP contribution in [0.15, 0.2) is 77.5 Å². The number of aromatic nitrogens is 2. The minimum absolute atomic E-state index is 0.0699. The third kappa shape index (κ3) is 6.56. The first-order chi connectivity index (χ1) is 19.0. The molecule has 1 atom stereocenters. The third-order valence-corrected chi connectivity index (χ3v) is 7.68. The van der Waals surface area contributed by atoms with Crippen molar-refractivity contribution in [2.24, 2.45) is 5.92 Å². The molecule has 2 aromatic carbocycles. The second-order valence-electron chi connectivity index (χ2n) is 10.5. The number of Topliss-reactive ketones (excluding diaryl/α,β-unsaturated/α-hetero) is 2. The van der Waals surface area contributed by atoms with Gasteiger partial charge in [0.1, 0.15) is 11.5 Å². The van der Waals surface area contributed by atoms with E-state index in [-0.39, 0.29) is 23.5 Å². The lowest BCUT2D eigenvalue weighted by molar-refractivity contribution is -0.120. The van der Waals surface area contributed by atoms with Gasteiger partial charge in [0.15, 0.2) is 11.6 Å². The molecule has 1 aliphatic carbocycles. The van der Waals surface area contributed by atoms with Crippen LogP contribution in [0.1, 0.15) is 72.4 Å². The molecule has 0 N–H and O–H groups in total. The molecule has 1 fully saturated rings. The van der Waals surface area contributed by atoms with E-state index in [1.807, 2.05) is 84.5 Å². The quantitative estimate of drug-likeness (QED) is 0.194. The van der Waals surface area contributed by atoms with Crippen LogP contribution < -0.4 is 4.74 Å². The first kappa shape index (κ1) is 26.7. The van der Waals surface area contributed by atoms with Gasteiger partial charge in [0.25, 0.3) is 0 Å². The van der Waals surface area contributed by atoms with E-state index in [4.69, 9.17) is 9.15 Å². The number of carbonyl (C=O) groups is 2. The summed E-state index contributed by atoms with van der Waals surface area (Å²) in [6, 6.07) is 19.3. The van der Waals surface area contributed by atoms with Crippen molar-refractivity contribution in [1.29, 1.82) is 0 Å². The summed E-state index contributed by atoms with van der Waals surface area (Å²) in [6.07, 6.45) is 10.3. The average Bonchev–Trinajstić information content (AvgIpc) is 3.60. The maximum absolute atomic E-state index is 12.9. The molecule has 2 heterocycles. The lowest BCUT2D eigenvalue weighted by Gasteiger charge is -2.20. The second kappa shape index (κ2) is 12.3. The minimum Gasteiger partial charge on any atom is -0.493 e. The molecule has 39 heavy (non-hydrogen) atoms. The Balaban J connectivity index is 1.16. The monoisotopic (exact) mass is 524 g/mol. The highest BCUT2D eigenvalue weighted by atomic mass is 16.5. The number of nitrogens with zero attached hydrogens (tertiary/aromatic N) is 2. The maximum Gasteiger partial charge on any atom is 0.226 e. The number of carbonyl (C=O) groups excluding carboxylic acids is 2. The van der Waals surface area contributed by atoms with Crippen molar-refractivity contribution in [3.63, 3.8) is 0 Å². The summed E-state index contributed by atoms with van der Waals surface area (Å²) in [4.78, 5) is 30.1. The van der Waals surface area contributed by atoms with E-state index in [1.165, 1.54) is 6.42 Å². The smallest absolute Gasteiger partial charge is 0.226 e. The Kier molecular flexibility index (Phi) is 8.40. The predicted molar refractivity (Wildman–Crippen MR) is 151 cm³/mol. The molecule has 0 aliphatic heterocycles. The summed E-state index contributed by atoms with van der Waals surface area (Å²) in [5.41, 5.74) is 3.61. The predicted octanol–water partition coefficient (Wildman–Crippen LogP) is 7.21. The molecular formula is C33H36N2O4. The highest BCUT2D eigenvalue weighted by molar-refractivity contribution is 5.97. The molecule has 0 amide bonds. The average molecular weight is 525 g/mol. The fourth-order valence-corrected chi connectivity index (χ4v) is 5.39. The molecular weight excluding hydrogens is 488 g/mol. The highest BCUT2D eigenvalue weighted by Crippen LogP contribution is 2.28. The molecule has 0 saturated heterocycles.